The Labute approximate surface area is 196 Å². The summed E-state index contributed by atoms with van der Waals surface area (Å²) >= 11 is 1.46. The number of carbonyl (C=O) groups is 1. The van der Waals surface area contributed by atoms with E-state index in [2.05, 4.69) is 25.4 Å². The third-order valence-electron chi connectivity index (χ3n) is 5.44. The van der Waals surface area contributed by atoms with Gasteiger partial charge in [0.1, 0.15) is 12.4 Å². The number of ether oxygens (including phenoxy) is 1. The molecule has 33 heavy (non-hydrogen) atoms. The largest absolute Gasteiger partial charge is 0.489 e. The second-order valence-corrected chi connectivity index (χ2v) is 8.53. The van der Waals surface area contributed by atoms with Crippen LogP contribution in [-0.4, -0.2) is 36.7 Å². The Hall–Kier alpha value is -3.46. The fourth-order valence-corrected chi connectivity index (χ4v) is 3.91. The number of nitrogens with one attached hydrogen (secondary N) is 1. The zero-order valence-corrected chi connectivity index (χ0v) is 19.9. The Morgan fingerprint density at radius 2 is 1.97 bits per heavy atom. The topological polar surface area (TPSA) is 94.3 Å². The summed E-state index contributed by atoms with van der Waals surface area (Å²) in [5.41, 5.74) is 4.54. The van der Waals surface area contributed by atoms with Gasteiger partial charge in [-0.25, -0.2) is 9.50 Å². The lowest BCUT2D eigenvalue weighted by Crippen LogP contribution is -2.29. The predicted octanol–water partition coefficient (Wildman–Crippen LogP) is 3.86. The standard InChI is InChI=1S/C24H26N6O2S/c1-15(19-7-9-20(10-8-19)32-14-18-6-5-11-25-13-18)26-22(31)12-21-16(2)27-23-28-24(33-4)29-30(23)17(21)3/h5-11,13,15H,12,14H2,1-4H3,(H,26,31). The molecule has 0 aliphatic rings. The van der Waals surface area contributed by atoms with Gasteiger partial charge < -0.3 is 10.1 Å². The van der Waals surface area contributed by atoms with E-state index in [9.17, 15) is 4.79 Å². The van der Waals surface area contributed by atoms with Crippen molar-refractivity contribution in [3.63, 3.8) is 0 Å². The Morgan fingerprint density at radius 3 is 2.67 bits per heavy atom. The minimum absolute atomic E-state index is 0.0723. The molecular weight excluding hydrogens is 436 g/mol. The smallest absolute Gasteiger partial charge is 0.253 e. The summed E-state index contributed by atoms with van der Waals surface area (Å²) in [6, 6.07) is 11.5. The van der Waals surface area contributed by atoms with Crippen molar-refractivity contribution < 1.29 is 9.53 Å². The van der Waals surface area contributed by atoms with Gasteiger partial charge in [-0.15, -0.1) is 5.10 Å². The lowest BCUT2D eigenvalue weighted by Gasteiger charge is -2.16. The maximum Gasteiger partial charge on any atom is 0.253 e. The molecule has 0 radical (unpaired) electrons. The molecule has 0 saturated carbocycles. The molecule has 1 unspecified atom stereocenters. The number of fused-ring (bicyclic) bond motifs is 1. The van der Waals surface area contributed by atoms with Crippen LogP contribution in [0.3, 0.4) is 0 Å². The number of thioether (sulfide) groups is 1. The SMILES string of the molecule is CSc1nc2nc(C)c(CC(=O)NC(C)c3ccc(OCc4cccnc4)cc3)c(C)n2n1. The average molecular weight is 463 g/mol. The molecule has 3 heterocycles. The summed E-state index contributed by atoms with van der Waals surface area (Å²) in [7, 11) is 0. The number of nitrogens with zero attached hydrogens (tertiary/aromatic N) is 5. The van der Waals surface area contributed by atoms with E-state index in [0.717, 1.165) is 33.8 Å². The molecule has 1 aromatic carbocycles. The quantitative estimate of drug-likeness (QED) is 0.397. The highest BCUT2D eigenvalue weighted by molar-refractivity contribution is 7.98. The van der Waals surface area contributed by atoms with E-state index < -0.39 is 0 Å². The highest BCUT2D eigenvalue weighted by Crippen LogP contribution is 2.20. The van der Waals surface area contributed by atoms with Gasteiger partial charge in [-0.3, -0.25) is 9.78 Å². The van der Waals surface area contributed by atoms with E-state index in [1.807, 2.05) is 63.4 Å². The molecule has 0 fully saturated rings. The van der Waals surface area contributed by atoms with Crippen LogP contribution in [0.15, 0.2) is 53.9 Å². The lowest BCUT2D eigenvalue weighted by molar-refractivity contribution is -0.121. The second kappa shape index (κ2) is 9.99. The second-order valence-electron chi connectivity index (χ2n) is 7.76. The van der Waals surface area contributed by atoms with Gasteiger partial charge in [-0.1, -0.05) is 30.0 Å². The van der Waals surface area contributed by atoms with Crippen molar-refractivity contribution in [1.29, 1.82) is 0 Å². The number of benzene rings is 1. The van der Waals surface area contributed by atoms with Gasteiger partial charge >= 0.3 is 0 Å². The first-order valence-corrected chi connectivity index (χ1v) is 11.8. The molecule has 3 aromatic heterocycles. The van der Waals surface area contributed by atoms with Crippen LogP contribution in [0.5, 0.6) is 5.75 Å². The Balaban J connectivity index is 1.38. The van der Waals surface area contributed by atoms with E-state index in [0.29, 0.717) is 17.5 Å². The van der Waals surface area contributed by atoms with Crippen LogP contribution in [0, 0.1) is 13.8 Å². The van der Waals surface area contributed by atoms with Crippen LogP contribution in [0.2, 0.25) is 0 Å². The van der Waals surface area contributed by atoms with E-state index in [1.165, 1.54) is 11.8 Å². The lowest BCUT2D eigenvalue weighted by atomic mass is 10.1. The fraction of sp³-hybridized carbons (Fsp3) is 0.292. The maximum absolute atomic E-state index is 12.8. The molecule has 4 aromatic rings. The minimum atomic E-state index is -0.142. The highest BCUT2D eigenvalue weighted by Gasteiger charge is 2.17. The Bertz CT molecular complexity index is 1260. The van der Waals surface area contributed by atoms with E-state index in [1.54, 1.807) is 16.9 Å². The van der Waals surface area contributed by atoms with Gasteiger partial charge in [0.2, 0.25) is 11.1 Å². The molecule has 4 rings (SSSR count). The summed E-state index contributed by atoms with van der Waals surface area (Å²) in [6.07, 6.45) is 5.67. The minimum Gasteiger partial charge on any atom is -0.489 e. The Kier molecular flexibility index (Phi) is 6.88. The molecule has 8 nitrogen and oxygen atoms in total. The van der Waals surface area contributed by atoms with E-state index in [-0.39, 0.29) is 18.4 Å². The molecule has 170 valence electrons. The number of carbonyl (C=O) groups excluding carboxylic acids is 1. The molecule has 0 spiro atoms. The molecule has 1 amide bonds. The van der Waals surface area contributed by atoms with Crippen molar-refractivity contribution in [2.75, 3.05) is 6.26 Å². The van der Waals surface area contributed by atoms with E-state index >= 15 is 0 Å². The van der Waals surface area contributed by atoms with Crippen LogP contribution in [0.25, 0.3) is 5.78 Å². The van der Waals surface area contributed by atoms with Crippen LogP contribution < -0.4 is 10.1 Å². The highest BCUT2D eigenvalue weighted by atomic mass is 32.2. The van der Waals surface area contributed by atoms with Crippen molar-refractivity contribution >= 4 is 23.4 Å². The number of amides is 1. The molecular formula is C24H26N6O2S. The number of aromatic nitrogens is 5. The van der Waals surface area contributed by atoms with Crippen molar-refractivity contribution in [3.05, 3.63) is 76.9 Å². The summed E-state index contributed by atoms with van der Waals surface area (Å²) in [5, 5.41) is 8.19. The maximum atomic E-state index is 12.8. The molecule has 0 saturated heterocycles. The van der Waals surface area contributed by atoms with Crippen molar-refractivity contribution in [3.8, 4) is 5.75 Å². The van der Waals surface area contributed by atoms with Crippen molar-refractivity contribution in [1.82, 2.24) is 29.9 Å². The number of hydrogen-bond donors (Lipinski definition) is 1. The molecule has 9 heteroatoms. The third kappa shape index (κ3) is 5.31. The first-order chi connectivity index (χ1) is 15.9. The average Bonchev–Trinajstić information content (AvgIpc) is 3.24. The molecule has 0 aliphatic carbocycles. The number of pyridine rings is 1. The van der Waals surface area contributed by atoms with Gasteiger partial charge in [0.15, 0.2) is 0 Å². The summed E-state index contributed by atoms with van der Waals surface area (Å²) in [6.45, 7) is 6.26. The van der Waals surface area contributed by atoms with Crippen LogP contribution in [0.4, 0.5) is 0 Å². The molecule has 1 N–H and O–H groups in total. The van der Waals surface area contributed by atoms with Gasteiger partial charge in [0, 0.05) is 34.9 Å². The third-order valence-corrected chi connectivity index (χ3v) is 5.97. The monoisotopic (exact) mass is 462 g/mol. The van der Waals surface area contributed by atoms with Crippen molar-refractivity contribution in [2.45, 2.75) is 45.0 Å². The number of rotatable bonds is 8. The summed E-state index contributed by atoms with van der Waals surface area (Å²) < 4.78 is 7.51. The van der Waals surface area contributed by atoms with Gasteiger partial charge in [0.25, 0.3) is 5.78 Å². The zero-order chi connectivity index (χ0) is 23.4. The predicted molar refractivity (Wildman–Crippen MR) is 127 cm³/mol. The zero-order valence-electron chi connectivity index (χ0n) is 19.1. The molecule has 0 aliphatic heterocycles. The fourth-order valence-electron chi connectivity index (χ4n) is 3.57. The van der Waals surface area contributed by atoms with Crippen LogP contribution in [0.1, 0.15) is 41.0 Å². The van der Waals surface area contributed by atoms with Gasteiger partial charge in [0.05, 0.1) is 12.5 Å². The van der Waals surface area contributed by atoms with Crippen LogP contribution >= 0.6 is 11.8 Å². The van der Waals surface area contributed by atoms with E-state index in [4.69, 9.17) is 4.74 Å². The summed E-state index contributed by atoms with van der Waals surface area (Å²) in [4.78, 5) is 25.8. The molecule has 0 bridgehead atoms. The van der Waals surface area contributed by atoms with Crippen molar-refractivity contribution in [2.24, 2.45) is 0 Å². The van der Waals surface area contributed by atoms with Crippen LogP contribution in [-0.2, 0) is 17.8 Å². The van der Waals surface area contributed by atoms with Gasteiger partial charge in [-0.2, -0.15) is 4.98 Å². The first kappa shape index (κ1) is 22.7. The van der Waals surface area contributed by atoms with Gasteiger partial charge in [-0.05, 0) is 50.8 Å². The first-order valence-electron chi connectivity index (χ1n) is 10.6. The number of hydrogen-bond acceptors (Lipinski definition) is 7. The number of aryl methyl sites for hydroxylation is 2. The summed E-state index contributed by atoms with van der Waals surface area (Å²) in [5.74, 6) is 1.25. The normalized spacial score (nSPS) is 12.0. The Morgan fingerprint density at radius 1 is 1.18 bits per heavy atom. The molecule has 1 atom stereocenters.